The molecule has 3 rings (SSSR count). The van der Waals surface area contributed by atoms with E-state index in [2.05, 4.69) is 43.1 Å². The Balaban J connectivity index is 0.00000324. The van der Waals surface area contributed by atoms with Crippen molar-refractivity contribution in [1.29, 1.82) is 0 Å². The number of hydrogen-bond acceptors (Lipinski definition) is 7. The van der Waals surface area contributed by atoms with Crippen LogP contribution in [0, 0.1) is 0 Å². The molecule has 10 heteroatoms. The third-order valence-electron chi connectivity index (χ3n) is 6.79. The van der Waals surface area contributed by atoms with Crippen LogP contribution in [0.1, 0.15) is 36.4 Å². The van der Waals surface area contributed by atoms with E-state index in [1.807, 2.05) is 30.3 Å². The number of hydrogen-bond donors (Lipinski definition) is 1. The molecule has 1 aromatic heterocycles. The van der Waals surface area contributed by atoms with Crippen LogP contribution in [-0.2, 0) is 4.74 Å². The van der Waals surface area contributed by atoms with E-state index in [1.165, 1.54) is 11.3 Å². The van der Waals surface area contributed by atoms with Crippen LogP contribution in [0.25, 0.3) is 10.4 Å². The average molecular weight is 563 g/mol. The smallest absolute Gasteiger partial charge is 0.261 e. The fourth-order valence-corrected chi connectivity index (χ4v) is 5.16. The predicted molar refractivity (Wildman–Crippen MR) is 153 cm³/mol. The first-order chi connectivity index (χ1) is 16.4. The monoisotopic (exact) mass is 561 g/mol. The lowest BCUT2D eigenvalue weighted by molar-refractivity contribution is -0.00656. The third-order valence-corrected chi connectivity index (χ3v) is 7.92. The molecule has 36 heavy (non-hydrogen) atoms. The zero-order chi connectivity index (χ0) is 24.6. The zero-order valence-corrected chi connectivity index (χ0v) is 24.5. The van der Waals surface area contributed by atoms with Gasteiger partial charge in [-0.25, -0.2) is 0 Å². The molecule has 0 unspecified atom stereocenters. The molecule has 204 valence electrons. The molecule has 1 N–H and O–H groups in total. The van der Waals surface area contributed by atoms with Gasteiger partial charge in [-0.2, -0.15) is 0 Å². The summed E-state index contributed by atoms with van der Waals surface area (Å²) in [5, 5.41) is 3.15. The lowest BCUT2D eigenvalue weighted by Gasteiger charge is -2.42. The van der Waals surface area contributed by atoms with Crippen molar-refractivity contribution < 1.29 is 19.0 Å². The number of nitrogens with one attached hydrogen (secondary N) is 1. The first-order valence-electron chi connectivity index (χ1n) is 12.1. The standard InChI is InChI=1S/C26H39N3O4S.2ClH/c1-6-29(7-2)14-17-33-21-9-8-20(18-22(21)31-5)23-10-11-24(34-23)25(30)27-19-26(28(3)4)12-15-32-16-13-26;;/h8-11,18H,6-7,12-17,19H2,1-5H3,(H,27,30);2*1H. The summed E-state index contributed by atoms with van der Waals surface area (Å²) in [6.45, 7) is 9.89. The highest BCUT2D eigenvalue weighted by Gasteiger charge is 2.35. The number of methoxy groups -OCH3 is 1. The van der Waals surface area contributed by atoms with E-state index >= 15 is 0 Å². The molecule has 0 saturated carbocycles. The molecular weight excluding hydrogens is 521 g/mol. The van der Waals surface area contributed by atoms with Gasteiger partial charge in [0.1, 0.15) is 6.61 Å². The van der Waals surface area contributed by atoms with Crippen molar-refractivity contribution in [2.45, 2.75) is 32.2 Å². The summed E-state index contributed by atoms with van der Waals surface area (Å²) in [5.74, 6) is 1.40. The van der Waals surface area contributed by atoms with E-state index in [0.717, 1.165) is 61.9 Å². The molecule has 1 amide bonds. The van der Waals surface area contributed by atoms with E-state index in [4.69, 9.17) is 14.2 Å². The second kappa shape index (κ2) is 15.6. The molecule has 0 spiro atoms. The maximum Gasteiger partial charge on any atom is 0.261 e. The van der Waals surface area contributed by atoms with Crippen LogP contribution in [0.15, 0.2) is 30.3 Å². The quantitative estimate of drug-likeness (QED) is 0.400. The minimum absolute atomic E-state index is 0. The summed E-state index contributed by atoms with van der Waals surface area (Å²) in [6.07, 6.45) is 1.83. The predicted octanol–water partition coefficient (Wildman–Crippen LogP) is 4.83. The van der Waals surface area contributed by atoms with Gasteiger partial charge in [-0.3, -0.25) is 4.79 Å². The van der Waals surface area contributed by atoms with Crippen molar-refractivity contribution in [2.75, 3.05) is 67.2 Å². The second-order valence-electron chi connectivity index (χ2n) is 8.82. The van der Waals surface area contributed by atoms with Crippen molar-refractivity contribution in [3.63, 3.8) is 0 Å². The Morgan fingerprint density at radius 3 is 2.39 bits per heavy atom. The van der Waals surface area contributed by atoms with Gasteiger partial charge in [0.05, 0.1) is 12.0 Å². The molecule has 1 aliphatic rings. The lowest BCUT2D eigenvalue weighted by atomic mass is 9.88. The Morgan fingerprint density at radius 2 is 1.78 bits per heavy atom. The molecule has 1 fully saturated rings. The Morgan fingerprint density at radius 1 is 1.08 bits per heavy atom. The maximum absolute atomic E-state index is 12.9. The van der Waals surface area contributed by atoms with Gasteiger partial charge in [-0.05, 0) is 75.9 Å². The van der Waals surface area contributed by atoms with Crippen LogP contribution in [0.3, 0.4) is 0 Å². The van der Waals surface area contributed by atoms with Gasteiger partial charge in [-0.15, -0.1) is 36.2 Å². The molecular formula is C26H41Cl2N3O4S. The molecule has 0 atom stereocenters. The van der Waals surface area contributed by atoms with Gasteiger partial charge < -0.3 is 29.3 Å². The molecule has 0 radical (unpaired) electrons. The number of halogens is 2. The molecule has 2 heterocycles. The van der Waals surface area contributed by atoms with Crippen molar-refractivity contribution in [3.8, 4) is 21.9 Å². The fraction of sp³-hybridized carbons (Fsp3) is 0.577. The summed E-state index contributed by atoms with van der Waals surface area (Å²) in [5.41, 5.74) is 0.953. The first kappa shape index (κ1) is 32.5. The summed E-state index contributed by atoms with van der Waals surface area (Å²) >= 11 is 1.49. The lowest BCUT2D eigenvalue weighted by Crippen LogP contribution is -2.55. The highest BCUT2D eigenvalue weighted by atomic mass is 35.5. The Kier molecular flexibility index (Phi) is 14.1. The van der Waals surface area contributed by atoms with Crippen molar-refractivity contribution in [2.24, 2.45) is 0 Å². The number of likely N-dealkylation sites (N-methyl/N-ethyl adjacent to an activating group) is 2. The highest BCUT2D eigenvalue weighted by molar-refractivity contribution is 7.17. The normalized spacial score (nSPS) is 14.6. The maximum atomic E-state index is 12.9. The summed E-state index contributed by atoms with van der Waals surface area (Å²) in [4.78, 5) is 19.2. The van der Waals surface area contributed by atoms with Crippen LogP contribution in [0.2, 0.25) is 0 Å². The Bertz CT molecular complexity index is 932. The average Bonchev–Trinajstić information content (AvgIpc) is 3.36. The van der Waals surface area contributed by atoms with Crippen LogP contribution in [-0.4, -0.2) is 88.5 Å². The van der Waals surface area contributed by atoms with Crippen LogP contribution in [0.5, 0.6) is 11.5 Å². The minimum Gasteiger partial charge on any atom is -0.493 e. The fourth-order valence-electron chi connectivity index (χ4n) is 4.25. The molecule has 1 aromatic carbocycles. The van der Waals surface area contributed by atoms with E-state index < -0.39 is 0 Å². The van der Waals surface area contributed by atoms with Gasteiger partial charge in [0.2, 0.25) is 0 Å². The molecule has 0 aliphatic carbocycles. The van der Waals surface area contributed by atoms with E-state index in [0.29, 0.717) is 23.8 Å². The minimum atomic E-state index is -0.0531. The molecule has 7 nitrogen and oxygen atoms in total. The number of benzene rings is 1. The molecule has 1 saturated heterocycles. The number of carbonyl (C=O) groups is 1. The number of nitrogens with zero attached hydrogens (tertiary/aromatic N) is 2. The zero-order valence-electron chi connectivity index (χ0n) is 22.0. The van der Waals surface area contributed by atoms with Crippen molar-refractivity contribution >= 4 is 42.1 Å². The van der Waals surface area contributed by atoms with Crippen LogP contribution >= 0.6 is 36.2 Å². The van der Waals surface area contributed by atoms with E-state index in [1.54, 1.807) is 7.11 Å². The molecule has 2 aromatic rings. The molecule has 1 aliphatic heterocycles. The summed E-state index contributed by atoms with van der Waals surface area (Å²) in [7, 11) is 5.80. The Labute approximate surface area is 232 Å². The van der Waals surface area contributed by atoms with Gasteiger partial charge in [0.25, 0.3) is 5.91 Å². The third kappa shape index (κ3) is 8.23. The second-order valence-corrected chi connectivity index (χ2v) is 9.90. The highest BCUT2D eigenvalue weighted by Crippen LogP contribution is 2.35. The number of thiophene rings is 1. The van der Waals surface area contributed by atoms with Gasteiger partial charge >= 0.3 is 0 Å². The SMILES string of the molecule is CCN(CC)CCOc1ccc(-c2ccc(C(=O)NCC3(N(C)C)CCOCC3)s2)cc1OC.Cl.Cl. The number of rotatable bonds is 12. The number of amides is 1. The van der Waals surface area contributed by atoms with Crippen molar-refractivity contribution in [3.05, 3.63) is 35.2 Å². The van der Waals surface area contributed by atoms with Crippen molar-refractivity contribution in [1.82, 2.24) is 15.1 Å². The number of ether oxygens (including phenoxy) is 3. The van der Waals surface area contributed by atoms with Gasteiger partial charge in [0.15, 0.2) is 11.5 Å². The topological polar surface area (TPSA) is 63.3 Å². The summed E-state index contributed by atoms with van der Waals surface area (Å²) in [6, 6.07) is 9.82. The van der Waals surface area contributed by atoms with Crippen LogP contribution in [0.4, 0.5) is 0 Å². The largest absolute Gasteiger partial charge is 0.493 e. The first-order valence-corrected chi connectivity index (χ1v) is 12.9. The van der Waals surface area contributed by atoms with Gasteiger partial charge in [-0.1, -0.05) is 13.8 Å². The van der Waals surface area contributed by atoms with E-state index in [9.17, 15) is 4.79 Å². The molecule has 0 bridgehead atoms. The summed E-state index contributed by atoms with van der Waals surface area (Å²) < 4.78 is 17.1. The van der Waals surface area contributed by atoms with Gasteiger partial charge in [0, 0.05) is 36.7 Å². The number of carbonyl (C=O) groups excluding carboxylic acids is 1. The Hall–Kier alpha value is -1.55. The van der Waals surface area contributed by atoms with Crippen LogP contribution < -0.4 is 14.8 Å². The van der Waals surface area contributed by atoms with E-state index in [-0.39, 0.29) is 36.3 Å².